The van der Waals surface area contributed by atoms with E-state index in [1.807, 2.05) is 12.1 Å². The fourth-order valence-electron chi connectivity index (χ4n) is 7.02. The van der Waals surface area contributed by atoms with Crippen LogP contribution in [-0.4, -0.2) is 0 Å². The van der Waals surface area contributed by atoms with Gasteiger partial charge in [-0.15, -0.1) is 0 Å². The third kappa shape index (κ3) is 5.43. The molecule has 50 heavy (non-hydrogen) atoms. The number of hydrogen-bond donors (Lipinski definition) is 0. The van der Waals surface area contributed by atoms with Crippen molar-refractivity contribution in [1.82, 2.24) is 0 Å². The second-order valence-electron chi connectivity index (χ2n) is 12.5. The molecular formula is C48H33NO. The molecule has 0 atom stereocenters. The van der Waals surface area contributed by atoms with E-state index >= 15 is 0 Å². The smallest absolute Gasteiger partial charge is 0.143 e. The van der Waals surface area contributed by atoms with Crippen molar-refractivity contribution in [3.63, 3.8) is 0 Å². The molecule has 9 rings (SSSR count). The Morgan fingerprint density at radius 1 is 0.300 bits per heavy atom. The quantitative estimate of drug-likeness (QED) is 0.173. The highest BCUT2D eigenvalue weighted by Crippen LogP contribution is 2.43. The molecule has 0 saturated carbocycles. The van der Waals surface area contributed by atoms with Crippen molar-refractivity contribution < 1.29 is 4.42 Å². The van der Waals surface area contributed by atoms with Crippen LogP contribution >= 0.6 is 0 Å². The second-order valence-corrected chi connectivity index (χ2v) is 12.5. The summed E-state index contributed by atoms with van der Waals surface area (Å²) in [5.74, 6) is 0. The average molecular weight is 640 g/mol. The first-order chi connectivity index (χ1) is 24.8. The van der Waals surface area contributed by atoms with Crippen LogP contribution in [0.2, 0.25) is 0 Å². The van der Waals surface area contributed by atoms with Crippen molar-refractivity contribution in [3.05, 3.63) is 200 Å². The first kappa shape index (κ1) is 29.5. The van der Waals surface area contributed by atoms with Gasteiger partial charge >= 0.3 is 0 Å². The normalized spacial score (nSPS) is 11.2. The van der Waals surface area contributed by atoms with Gasteiger partial charge in [-0.05, 0) is 87.5 Å². The lowest BCUT2D eigenvalue weighted by Gasteiger charge is -2.26. The lowest BCUT2D eigenvalue weighted by molar-refractivity contribution is 0.670. The third-order valence-electron chi connectivity index (χ3n) is 9.51. The summed E-state index contributed by atoms with van der Waals surface area (Å²) in [5.41, 5.74) is 14.5. The average Bonchev–Trinajstić information content (AvgIpc) is 3.58. The summed E-state index contributed by atoms with van der Waals surface area (Å²) >= 11 is 0. The van der Waals surface area contributed by atoms with E-state index in [0.717, 1.165) is 61.3 Å². The number of furan rings is 1. The maximum Gasteiger partial charge on any atom is 0.143 e. The largest absolute Gasteiger partial charge is 0.455 e. The van der Waals surface area contributed by atoms with E-state index in [-0.39, 0.29) is 0 Å². The Kier molecular flexibility index (Phi) is 7.53. The molecular weight excluding hydrogens is 607 g/mol. The zero-order valence-electron chi connectivity index (χ0n) is 27.4. The highest BCUT2D eigenvalue weighted by molar-refractivity contribution is 6.12. The molecule has 0 radical (unpaired) electrons. The first-order valence-electron chi connectivity index (χ1n) is 17.0. The molecule has 2 heteroatoms. The van der Waals surface area contributed by atoms with Crippen molar-refractivity contribution in [3.8, 4) is 44.5 Å². The molecule has 0 amide bonds. The van der Waals surface area contributed by atoms with Crippen LogP contribution in [0.1, 0.15) is 0 Å². The van der Waals surface area contributed by atoms with Crippen molar-refractivity contribution in [1.29, 1.82) is 0 Å². The van der Waals surface area contributed by atoms with Gasteiger partial charge in [-0.1, -0.05) is 152 Å². The number of rotatable bonds is 7. The highest BCUT2D eigenvalue weighted by Gasteiger charge is 2.18. The first-order valence-corrected chi connectivity index (χ1v) is 17.0. The predicted molar refractivity (Wildman–Crippen MR) is 210 cm³/mol. The van der Waals surface area contributed by atoms with Gasteiger partial charge in [0.25, 0.3) is 0 Å². The van der Waals surface area contributed by atoms with Gasteiger partial charge < -0.3 is 9.32 Å². The molecule has 8 aromatic carbocycles. The fourth-order valence-corrected chi connectivity index (χ4v) is 7.02. The molecule has 0 unspecified atom stereocenters. The van der Waals surface area contributed by atoms with Crippen LogP contribution < -0.4 is 4.90 Å². The summed E-state index contributed by atoms with van der Waals surface area (Å²) in [4.78, 5) is 2.31. The summed E-state index contributed by atoms with van der Waals surface area (Å²) in [6.07, 6.45) is 0. The Morgan fingerprint density at radius 3 is 1.34 bits per heavy atom. The van der Waals surface area contributed by atoms with E-state index in [4.69, 9.17) is 4.42 Å². The van der Waals surface area contributed by atoms with Crippen LogP contribution in [0.25, 0.3) is 66.4 Å². The van der Waals surface area contributed by atoms with Gasteiger partial charge in [-0.3, -0.25) is 0 Å². The summed E-state index contributed by atoms with van der Waals surface area (Å²) in [5, 5.41) is 2.26. The molecule has 9 aromatic rings. The number of nitrogens with zero attached hydrogens (tertiary/aromatic N) is 1. The minimum Gasteiger partial charge on any atom is -0.455 e. The van der Waals surface area contributed by atoms with Crippen molar-refractivity contribution >= 4 is 39.0 Å². The molecule has 1 aromatic heterocycles. The molecule has 0 saturated heterocycles. The van der Waals surface area contributed by atoms with E-state index < -0.39 is 0 Å². The number of hydrogen-bond acceptors (Lipinski definition) is 2. The molecule has 0 aliphatic rings. The van der Waals surface area contributed by atoms with Crippen LogP contribution in [0.5, 0.6) is 0 Å². The van der Waals surface area contributed by atoms with Crippen LogP contribution in [0.15, 0.2) is 205 Å². The Morgan fingerprint density at radius 2 is 0.740 bits per heavy atom. The zero-order valence-corrected chi connectivity index (χ0v) is 27.4. The van der Waals surface area contributed by atoms with Gasteiger partial charge in [0.15, 0.2) is 0 Å². The predicted octanol–water partition coefficient (Wildman–Crippen LogP) is 13.7. The molecule has 0 aliphatic carbocycles. The number of anilines is 3. The monoisotopic (exact) mass is 639 g/mol. The van der Waals surface area contributed by atoms with Gasteiger partial charge in [0, 0.05) is 33.4 Å². The van der Waals surface area contributed by atoms with Crippen LogP contribution in [0, 0.1) is 0 Å². The molecule has 2 nitrogen and oxygen atoms in total. The van der Waals surface area contributed by atoms with Gasteiger partial charge in [0.2, 0.25) is 0 Å². The van der Waals surface area contributed by atoms with E-state index in [1.54, 1.807) is 0 Å². The molecule has 0 bridgehead atoms. The third-order valence-corrected chi connectivity index (χ3v) is 9.51. The van der Waals surface area contributed by atoms with Gasteiger partial charge in [0.1, 0.15) is 11.2 Å². The summed E-state index contributed by atoms with van der Waals surface area (Å²) in [7, 11) is 0. The van der Waals surface area contributed by atoms with Crippen LogP contribution in [-0.2, 0) is 0 Å². The Hall–Kier alpha value is -6.64. The lowest BCUT2D eigenvalue weighted by atomic mass is 9.92. The molecule has 236 valence electrons. The molecule has 0 spiro atoms. The van der Waals surface area contributed by atoms with Crippen molar-refractivity contribution in [2.24, 2.45) is 0 Å². The molecule has 0 fully saturated rings. The molecule has 1 heterocycles. The van der Waals surface area contributed by atoms with E-state index in [1.165, 1.54) is 22.3 Å². The van der Waals surface area contributed by atoms with E-state index in [2.05, 4.69) is 193 Å². The highest BCUT2D eigenvalue weighted by atomic mass is 16.3. The van der Waals surface area contributed by atoms with Crippen LogP contribution in [0.4, 0.5) is 17.1 Å². The zero-order chi connectivity index (χ0) is 33.3. The minimum absolute atomic E-state index is 0.904. The van der Waals surface area contributed by atoms with Crippen molar-refractivity contribution in [2.75, 3.05) is 4.90 Å². The fraction of sp³-hybridized carbons (Fsp3) is 0. The summed E-state index contributed by atoms with van der Waals surface area (Å²) in [6.45, 7) is 0. The number of benzene rings is 8. The lowest BCUT2D eigenvalue weighted by Crippen LogP contribution is -2.09. The topological polar surface area (TPSA) is 16.4 Å². The minimum atomic E-state index is 0.904. The SMILES string of the molecule is c1ccc(-c2ccc(-c3ccc(N(c4ccccc4)c4ccc(-c5ccc6c(oc7ccccc76)c5-c5ccccc5)cc4)cc3)cc2)cc1. The number of para-hydroxylation sites is 2. The van der Waals surface area contributed by atoms with Gasteiger partial charge in [0.05, 0.1) is 0 Å². The summed E-state index contributed by atoms with van der Waals surface area (Å²) < 4.78 is 6.54. The number of fused-ring (bicyclic) bond motifs is 3. The Labute approximate surface area is 292 Å². The maximum absolute atomic E-state index is 6.54. The molecule has 0 N–H and O–H groups in total. The van der Waals surface area contributed by atoms with E-state index in [0.29, 0.717) is 0 Å². The maximum atomic E-state index is 6.54. The van der Waals surface area contributed by atoms with Gasteiger partial charge in [-0.2, -0.15) is 0 Å². The van der Waals surface area contributed by atoms with Crippen molar-refractivity contribution in [2.45, 2.75) is 0 Å². The van der Waals surface area contributed by atoms with Crippen LogP contribution in [0.3, 0.4) is 0 Å². The summed E-state index contributed by atoms with van der Waals surface area (Å²) in [6, 6.07) is 70.9. The second kappa shape index (κ2) is 12.8. The standard InChI is InChI=1S/C48H33NO/c1-4-12-34(13-5-1)35-20-22-36(23-21-35)37-24-28-41(29-25-37)49(40-16-8-3-9-17-40)42-30-26-38(27-31-42)43-32-33-45-44-18-10-11-19-46(44)50-48(45)47(43)39-14-6-2-7-15-39/h1-33H. The van der Waals surface area contributed by atoms with Gasteiger partial charge in [-0.25, -0.2) is 0 Å². The Bertz CT molecular complexity index is 2530. The van der Waals surface area contributed by atoms with E-state index in [9.17, 15) is 0 Å². The molecule has 0 aliphatic heterocycles. The Balaban J connectivity index is 1.08.